The first-order chi connectivity index (χ1) is 37.3. The molecule has 10 heterocycles. The second-order valence-corrected chi connectivity index (χ2v) is 22.7. The van der Waals surface area contributed by atoms with Crippen molar-refractivity contribution in [3.8, 4) is 40.3 Å². The summed E-state index contributed by atoms with van der Waals surface area (Å²) in [6, 6.07) is 13.6. The summed E-state index contributed by atoms with van der Waals surface area (Å²) in [5, 5.41) is 11.7. The number of cyclic esters (lactones) is 1. The number of rotatable bonds is 11. The molecule has 6 aliphatic rings. The lowest BCUT2D eigenvalue weighted by Gasteiger charge is -2.42. The second kappa shape index (κ2) is 18.8. The van der Waals surface area contributed by atoms with Crippen LogP contribution in [0.1, 0.15) is 99.5 Å². The molecule has 4 saturated heterocycles. The highest BCUT2D eigenvalue weighted by atomic mass is 35.5. The lowest BCUT2D eigenvalue weighted by atomic mass is 9.90. The van der Waals surface area contributed by atoms with Gasteiger partial charge in [-0.1, -0.05) is 37.6 Å². The fourth-order valence-electron chi connectivity index (χ4n) is 13.5. The third kappa shape index (κ3) is 7.69. The number of esters is 1. The van der Waals surface area contributed by atoms with E-state index in [1.54, 1.807) is 16.7 Å². The average molecular weight is 1080 g/mol. The molecule has 1 amide bonds. The Hall–Kier alpha value is -7.20. The van der Waals surface area contributed by atoms with Crippen LogP contribution in [0.25, 0.3) is 54.4 Å². The van der Waals surface area contributed by atoms with Gasteiger partial charge in [0, 0.05) is 40.4 Å². The van der Waals surface area contributed by atoms with Gasteiger partial charge < -0.3 is 34.3 Å². The number of nitrogens with zero attached hydrogens (tertiary/aromatic N) is 8. The maximum absolute atomic E-state index is 17.6. The summed E-state index contributed by atoms with van der Waals surface area (Å²) in [6.07, 6.45) is 8.58. The third-order valence-corrected chi connectivity index (χ3v) is 18.6. The van der Waals surface area contributed by atoms with Crippen LogP contribution in [0.5, 0.6) is 11.8 Å². The van der Waals surface area contributed by atoms with Gasteiger partial charge in [0.05, 0.1) is 73.4 Å². The number of aryl methyl sites for hydroxylation is 1. The fraction of sp³-hybridized carbons (Fsp3) is 0.397. The number of aromatic nitrogens is 4. The highest BCUT2D eigenvalue weighted by molar-refractivity contribution is 7.23. The Bertz CT molecular complexity index is 3830. The molecule has 0 spiro atoms. The number of amides is 1. The molecule has 0 saturated carbocycles. The first-order valence-electron chi connectivity index (χ1n) is 26.6. The number of allylic oxidation sites excluding steroid dienone is 1. The molecule has 2 N–H and O–H groups in total. The summed E-state index contributed by atoms with van der Waals surface area (Å²) in [5.74, 6) is -1.28. The zero-order valence-corrected chi connectivity index (χ0v) is 44.4. The van der Waals surface area contributed by atoms with E-state index in [0.717, 1.165) is 96.2 Å². The Labute approximate surface area is 450 Å². The van der Waals surface area contributed by atoms with Gasteiger partial charge in [-0.05, 0) is 124 Å². The Morgan fingerprint density at radius 1 is 1.01 bits per heavy atom. The van der Waals surface area contributed by atoms with Crippen molar-refractivity contribution in [2.45, 2.75) is 109 Å². The smallest absolute Gasteiger partial charge is 0.319 e. The minimum absolute atomic E-state index is 0.0204. The third-order valence-electron chi connectivity index (χ3n) is 17.3. The summed E-state index contributed by atoms with van der Waals surface area (Å²) in [7, 11) is 0. The van der Waals surface area contributed by atoms with Gasteiger partial charge >= 0.3 is 12.0 Å². The number of ether oxygens (including phenoxy) is 3. The SMILES string of the molecule is C/C=C(\COc1ccc2nc3c(c(CC)c2c1)Cn1c-3cc2c(c1=O)COC(=O)C2CC)C(=O)N1C2CCC1CN(c1nc(OCC34CCCN3CCC4)nc3c(F)c(-c4ccc(F)c5sc(N)c(C#N)c45)c(Cl)cc13)C2. The number of hydrogen-bond donors (Lipinski definition) is 1. The normalized spacial score (nSPS) is 20.4. The Morgan fingerprint density at radius 3 is 2.52 bits per heavy atom. The van der Waals surface area contributed by atoms with Crippen LogP contribution in [0.3, 0.4) is 0 Å². The largest absolute Gasteiger partial charge is 0.489 e. The van der Waals surface area contributed by atoms with Crippen molar-refractivity contribution in [3.05, 3.63) is 109 Å². The highest BCUT2D eigenvalue weighted by Crippen LogP contribution is 2.48. The van der Waals surface area contributed by atoms with Crippen LogP contribution in [-0.2, 0) is 33.9 Å². The molecule has 394 valence electrons. The molecule has 4 aromatic heterocycles. The van der Waals surface area contributed by atoms with Crippen molar-refractivity contribution < 1.29 is 32.6 Å². The lowest BCUT2D eigenvalue weighted by Crippen LogP contribution is -2.56. The zero-order valence-electron chi connectivity index (χ0n) is 42.8. The first-order valence-corrected chi connectivity index (χ1v) is 27.8. The standard InChI is InChI=1S/C58H54ClF2N9O6S/c1-4-29(26-74-32-11-14-44-37(19-32)33(5-2)40-25-69-45(49(40)64-44)21-36-34(6-3)56(73)75-27-41(36)55(69)72)54(71)70-30-9-10-31(70)24-67(23-30)53-38-20-42(59)47(35-12-13-43(60)51-46(35)39(22-62)52(63)77-51)48(61)50(38)65-57(66-53)76-28-58-15-7-17-68(58)18-8-16-58/h4,11-14,19-21,30-31,34H,5-10,15-18,23-28,63H2,1-3H3/b29-4+. The van der Waals surface area contributed by atoms with Crippen molar-refractivity contribution in [2.24, 2.45) is 0 Å². The molecule has 15 nitrogen and oxygen atoms in total. The molecule has 2 bridgehead atoms. The summed E-state index contributed by atoms with van der Waals surface area (Å²) in [5.41, 5.74) is 12.0. The Balaban J connectivity index is 0.779. The first kappa shape index (κ1) is 49.4. The van der Waals surface area contributed by atoms with Gasteiger partial charge in [-0.2, -0.15) is 15.2 Å². The second-order valence-electron chi connectivity index (χ2n) is 21.2. The van der Waals surface area contributed by atoms with Crippen molar-refractivity contribution in [1.29, 1.82) is 5.26 Å². The van der Waals surface area contributed by atoms with E-state index in [4.69, 9.17) is 46.5 Å². The predicted octanol–water partition coefficient (Wildman–Crippen LogP) is 9.96. The molecular formula is C58H54ClF2N9O6S. The average Bonchev–Trinajstić information content (AvgIpc) is 4.29. The van der Waals surface area contributed by atoms with E-state index in [1.807, 2.05) is 43.0 Å². The number of fused-ring (bicyclic) bond motifs is 10. The molecule has 0 radical (unpaired) electrons. The molecule has 4 fully saturated rings. The molecule has 0 aliphatic carbocycles. The lowest BCUT2D eigenvalue weighted by molar-refractivity contribution is -0.148. The Kier molecular flexibility index (Phi) is 12.0. The predicted molar refractivity (Wildman–Crippen MR) is 291 cm³/mol. The van der Waals surface area contributed by atoms with Crippen LogP contribution >= 0.6 is 22.9 Å². The molecule has 77 heavy (non-hydrogen) atoms. The topological polar surface area (TPSA) is 182 Å². The van der Waals surface area contributed by atoms with E-state index in [-0.39, 0.29) is 96.6 Å². The number of halogens is 3. The molecule has 7 aromatic rings. The Morgan fingerprint density at radius 2 is 1.79 bits per heavy atom. The number of thiophene rings is 1. The molecule has 3 unspecified atom stereocenters. The number of benzene rings is 3. The number of pyridine rings is 2. The number of nitriles is 1. The molecule has 13 rings (SSSR count). The summed E-state index contributed by atoms with van der Waals surface area (Å²) < 4.78 is 53.0. The number of piperazine rings is 1. The monoisotopic (exact) mass is 1080 g/mol. The molecule has 3 atom stereocenters. The van der Waals surface area contributed by atoms with Gasteiger partial charge in [0.2, 0.25) is 0 Å². The maximum atomic E-state index is 17.6. The maximum Gasteiger partial charge on any atom is 0.319 e. The molecular weight excluding hydrogens is 1020 g/mol. The van der Waals surface area contributed by atoms with Crippen molar-refractivity contribution >= 4 is 77.5 Å². The van der Waals surface area contributed by atoms with Crippen molar-refractivity contribution in [1.82, 2.24) is 29.3 Å². The van der Waals surface area contributed by atoms with Crippen LogP contribution in [0.2, 0.25) is 5.02 Å². The summed E-state index contributed by atoms with van der Waals surface area (Å²) >= 11 is 7.99. The number of nitrogen functional groups attached to an aromatic ring is 1. The fourth-order valence-corrected chi connectivity index (χ4v) is 14.8. The summed E-state index contributed by atoms with van der Waals surface area (Å²) in [4.78, 5) is 62.6. The molecule has 19 heteroatoms. The van der Waals surface area contributed by atoms with Crippen LogP contribution in [0.15, 0.2) is 58.9 Å². The van der Waals surface area contributed by atoms with E-state index in [2.05, 4.69) is 22.8 Å². The number of anilines is 2. The van der Waals surface area contributed by atoms with E-state index in [9.17, 15) is 19.6 Å². The highest BCUT2D eigenvalue weighted by Gasteiger charge is 2.47. The van der Waals surface area contributed by atoms with Crippen LogP contribution in [-0.4, -0.2) is 98.2 Å². The molecule has 6 aliphatic heterocycles. The van der Waals surface area contributed by atoms with E-state index in [1.165, 1.54) is 12.1 Å². The van der Waals surface area contributed by atoms with Gasteiger partial charge in [-0.15, -0.1) is 11.3 Å². The number of nitrogens with two attached hydrogens (primary N) is 1. The quantitative estimate of drug-likeness (QED) is 0.0955. The van der Waals surface area contributed by atoms with E-state index >= 15 is 8.78 Å². The summed E-state index contributed by atoms with van der Waals surface area (Å²) in [6.45, 7) is 9.30. The van der Waals surface area contributed by atoms with Crippen molar-refractivity contribution in [2.75, 3.05) is 50.0 Å². The van der Waals surface area contributed by atoms with E-state index < -0.39 is 17.6 Å². The van der Waals surface area contributed by atoms with Gasteiger partial charge in [0.1, 0.15) is 53.8 Å². The van der Waals surface area contributed by atoms with Crippen LogP contribution in [0, 0.1) is 23.0 Å². The van der Waals surface area contributed by atoms with Gasteiger partial charge in [0.15, 0.2) is 5.82 Å². The minimum atomic E-state index is -0.766. The van der Waals surface area contributed by atoms with Crippen molar-refractivity contribution in [3.63, 3.8) is 0 Å². The molecule has 3 aromatic carbocycles. The number of carbonyl (C=O) groups excluding carboxylic acids is 2. The van der Waals surface area contributed by atoms with Crippen LogP contribution in [0.4, 0.5) is 19.6 Å². The minimum Gasteiger partial charge on any atom is -0.489 e. The van der Waals surface area contributed by atoms with Gasteiger partial charge in [-0.25, -0.2) is 13.8 Å². The number of carbonyl (C=O) groups is 2. The van der Waals surface area contributed by atoms with Gasteiger partial charge in [0.25, 0.3) is 11.5 Å². The number of hydrogen-bond acceptors (Lipinski definition) is 14. The van der Waals surface area contributed by atoms with E-state index in [0.29, 0.717) is 72.9 Å². The van der Waals surface area contributed by atoms with Crippen LogP contribution < -0.4 is 25.7 Å². The zero-order chi connectivity index (χ0) is 53.2. The van der Waals surface area contributed by atoms with Gasteiger partial charge in [-0.3, -0.25) is 19.3 Å².